The Morgan fingerprint density at radius 2 is 2.10 bits per heavy atom. The average Bonchev–Trinajstić information content (AvgIpc) is 2.86. The van der Waals surface area contributed by atoms with Gasteiger partial charge in [0.25, 0.3) is 0 Å². The lowest BCUT2D eigenvalue weighted by atomic mass is 10.2. The number of nitrogens with zero attached hydrogens (tertiary/aromatic N) is 1. The molecule has 0 unspecified atom stereocenters. The maximum absolute atomic E-state index is 6.17. The molecule has 5 heteroatoms. The summed E-state index contributed by atoms with van der Waals surface area (Å²) in [6, 6.07) is 5.34. The van der Waals surface area contributed by atoms with Gasteiger partial charge < -0.3 is 9.73 Å². The predicted molar refractivity (Wildman–Crippen MR) is 88.0 cm³/mol. The van der Waals surface area contributed by atoms with Crippen LogP contribution in [0.5, 0.6) is 0 Å². The number of hydrogen-bond donors (Lipinski definition) is 1. The van der Waals surface area contributed by atoms with Gasteiger partial charge in [0, 0.05) is 17.0 Å². The topological polar surface area (TPSA) is 38.1 Å². The standard InChI is InChI=1S/C16H20Cl2N2O/c1-11(2)9-19-7-3-4-16-20-10-15(21-16)13-6-5-12(17)8-14(13)18/h5-6,8,10-11,19H,3-4,7,9H2,1-2H3. The Morgan fingerprint density at radius 1 is 1.29 bits per heavy atom. The number of halogens is 2. The minimum absolute atomic E-state index is 0.573. The van der Waals surface area contributed by atoms with Gasteiger partial charge in [-0.25, -0.2) is 4.98 Å². The highest BCUT2D eigenvalue weighted by Gasteiger charge is 2.10. The quantitative estimate of drug-likeness (QED) is 0.741. The van der Waals surface area contributed by atoms with Crippen LogP contribution in [0.25, 0.3) is 11.3 Å². The number of nitrogens with one attached hydrogen (secondary N) is 1. The Bertz CT molecular complexity index is 581. The smallest absolute Gasteiger partial charge is 0.194 e. The molecule has 1 aromatic heterocycles. The van der Waals surface area contributed by atoms with Gasteiger partial charge in [0.2, 0.25) is 0 Å². The molecule has 0 aliphatic heterocycles. The van der Waals surface area contributed by atoms with E-state index in [0.717, 1.165) is 37.4 Å². The van der Waals surface area contributed by atoms with Crippen molar-refractivity contribution in [3.05, 3.63) is 40.3 Å². The van der Waals surface area contributed by atoms with Crippen molar-refractivity contribution in [1.82, 2.24) is 10.3 Å². The van der Waals surface area contributed by atoms with E-state index >= 15 is 0 Å². The normalized spacial score (nSPS) is 11.3. The van der Waals surface area contributed by atoms with Gasteiger partial charge >= 0.3 is 0 Å². The van der Waals surface area contributed by atoms with Crippen LogP contribution < -0.4 is 5.32 Å². The molecule has 114 valence electrons. The van der Waals surface area contributed by atoms with E-state index in [9.17, 15) is 0 Å². The van der Waals surface area contributed by atoms with Gasteiger partial charge in [-0.05, 0) is 43.6 Å². The summed E-state index contributed by atoms with van der Waals surface area (Å²) in [4.78, 5) is 4.30. The van der Waals surface area contributed by atoms with Crippen LogP contribution in [0.1, 0.15) is 26.2 Å². The summed E-state index contributed by atoms with van der Waals surface area (Å²) in [6.07, 6.45) is 3.53. The van der Waals surface area contributed by atoms with Crippen LogP contribution in [0.2, 0.25) is 10.0 Å². The van der Waals surface area contributed by atoms with Gasteiger partial charge in [-0.1, -0.05) is 37.0 Å². The highest BCUT2D eigenvalue weighted by Crippen LogP contribution is 2.30. The second kappa shape index (κ2) is 7.83. The van der Waals surface area contributed by atoms with Gasteiger partial charge in [-0.2, -0.15) is 0 Å². The summed E-state index contributed by atoms with van der Waals surface area (Å²) in [6.45, 7) is 6.40. The van der Waals surface area contributed by atoms with Crippen LogP contribution in [0, 0.1) is 5.92 Å². The molecule has 0 aliphatic rings. The van der Waals surface area contributed by atoms with E-state index in [1.54, 1.807) is 18.3 Å². The monoisotopic (exact) mass is 326 g/mol. The van der Waals surface area contributed by atoms with E-state index in [0.29, 0.717) is 21.7 Å². The molecule has 0 bridgehead atoms. The van der Waals surface area contributed by atoms with Crippen molar-refractivity contribution in [2.45, 2.75) is 26.7 Å². The number of rotatable bonds is 7. The van der Waals surface area contributed by atoms with Gasteiger partial charge in [0.05, 0.1) is 11.2 Å². The number of benzene rings is 1. The highest BCUT2D eigenvalue weighted by atomic mass is 35.5. The van der Waals surface area contributed by atoms with Crippen molar-refractivity contribution in [3.63, 3.8) is 0 Å². The molecule has 3 nitrogen and oxygen atoms in total. The Labute approximate surface area is 135 Å². The molecule has 0 saturated carbocycles. The lowest BCUT2D eigenvalue weighted by Gasteiger charge is -2.05. The fourth-order valence-electron chi connectivity index (χ4n) is 2.00. The summed E-state index contributed by atoms with van der Waals surface area (Å²) >= 11 is 12.1. The fourth-order valence-corrected chi connectivity index (χ4v) is 2.50. The number of aryl methyl sites for hydroxylation is 1. The molecule has 1 aromatic carbocycles. The fraction of sp³-hybridized carbons (Fsp3) is 0.438. The van der Waals surface area contributed by atoms with E-state index < -0.39 is 0 Å². The summed E-state index contributed by atoms with van der Waals surface area (Å²) in [5.41, 5.74) is 0.817. The molecule has 0 aliphatic carbocycles. The third kappa shape index (κ3) is 5.03. The second-order valence-corrected chi connectivity index (χ2v) is 6.29. The zero-order valence-corrected chi connectivity index (χ0v) is 13.8. The minimum atomic E-state index is 0.573. The number of hydrogen-bond acceptors (Lipinski definition) is 3. The van der Waals surface area contributed by atoms with Gasteiger partial charge in [0.1, 0.15) is 0 Å². The first-order chi connectivity index (χ1) is 10.1. The van der Waals surface area contributed by atoms with Crippen molar-refractivity contribution in [2.75, 3.05) is 13.1 Å². The molecule has 1 heterocycles. The largest absolute Gasteiger partial charge is 0.441 e. The van der Waals surface area contributed by atoms with Crippen LogP contribution in [0.15, 0.2) is 28.8 Å². The molecule has 0 atom stereocenters. The van der Waals surface area contributed by atoms with Crippen LogP contribution in [0.3, 0.4) is 0 Å². The zero-order chi connectivity index (χ0) is 15.2. The molecule has 2 aromatic rings. The van der Waals surface area contributed by atoms with Gasteiger partial charge in [-0.3, -0.25) is 0 Å². The molecular weight excluding hydrogens is 307 g/mol. The van der Waals surface area contributed by atoms with E-state index in [1.165, 1.54) is 0 Å². The third-order valence-electron chi connectivity index (χ3n) is 3.05. The Kier molecular flexibility index (Phi) is 6.09. The number of oxazole rings is 1. The van der Waals surface area contributed by atoms with Crippen LogP contribution in [-0.2, 0) is 6.42 Å². The van der Waals surface area contributed by atoms with Crippen molar-refractivity contribution >= 4 is 23.2 Å². The molecule has 2 rings (SSSR count). The van der Waals surface area contributed by atoms with Crippen LogP contribution in [0.4, 0.5) is 0 Å². The van der Waals surface area contributed by atoms with Gasteiger partial charge in [0.15, 0.2) is 11.7 Å². The highest BCUT2D eigenvalue weighted by molar-refractivity contribution is 6.36. The summed E-state index contributed by atoms with van der Waals surface area (Å²) in [5.74, 6) is 2.09. The van der Waals surface area contributed by atoms with Crippen molar-refractivity contribution in [2.24, 2.45) is 5.92 Å². The molecule has 0 amide bonds. The number of aromatic nitrogens is 1. The van der Waals surface area contributed by atoms with E-state index in [2.05, 4.69) is 24.1 Å². The zero-order valence-electron chi connectivity index (χ0n) is 12.3. The average molecular weight is 327 g/mol. The van der Waals surface area contributed by atoms with E-state index in [-0.39, 0.29) is 0 Å². The lowest BCUT2D eigenvalue weighted by molar-refractivity contribution is 0.483. The van der Waals surface area contributed by atoms with Crippen molar-refractivity contribution in [3.8, 4) is 11.3 Å². The Hall–Kier alpha value is -1.03. The summed E-state index contributed by atoms with van der Waals surface area (Å²) in [7, 11) is 0. The molecular formula is C16H20Cl2N2O. The van der Waals surface area contributed by atoms with Gasteiger partial charge in [-0.15, -0.1) is 0 Å². The lowest BCUT2D eigenvalue weighted by Crippen LogP contribution is -2.21. The summed E-state index contributed by atoms with van der Waals surface area (Å²) in [5, 5.41) is 4.59. The first kappa shape index (κ1) is 16.3. The van der Waals surface area contributed by atoms with E-state index in [1.807, 2.05) is 6.07 Å². The maximum Gasteiger partial charge on any atom is 0.194 e. The SMILES string of the molecule is CC(C)CNCCCc1ncc(-c2ccc(Cl)cc2Cl)o1. The van der Waals surface area contributed by atoms with Crippen LogP contribution >= 0.6 is 23.2 Å². The molecule has 21 heavy (non-hydrogen) atoms. The molecule has 0 saturated heterocycles. The molecule has 0 radical (unpaired) electrons. The van der Waals surface area contributed by atoms with E-state index in [4.69, 9.17) is 27.6 Å². The maximum atomic E-state index is 6.17. The van der Waals surface area contributed by atoms with Crippen molar-refractivity contribution < 1.29 is 4.42 Å². The molecule has 0 spiro atoms. The first-order valence-electron chi connectivity index (χ1n) is 7.17. The summed E-state index contributed by atoms with van der Waals surface area (Å²) < 4.78 is 5.75. The third-order valence-corrected chi connectivity index (χ3v) is 3.59. The second-order valence-electron chi connectivity index (χ2n) is 5.44. The Balaban J connectivity index is 1.89. The first-order valence-corrected chi connectivity index (χ1v) is 7.92. The predicted octanol–water partition coefficient (Wildman–Crippen LogP) is 4.83. The molecule has 1 N–H and O–H groups in total. The Morgan fingerprint density at radius 3 is 2.81 bits per heavy atom. The van der Waals surface area contributed by atoms with Crippen LogP contribution in [-0.4, -0.2) is 18.1 Å². The molecule has 0 fully saturated rings. The minimum Gasteiger partial charge on any atom is -0.441 e. The van der Waals surface area contributed by atoms with Crippen molar-refractivity contribution in [1.29, 1.82) is 0 Å².